The molecule has 0 bridgehead atoms. The molecule has 1 amide bonds. The van der Waals surface area contributed by atoms with Crippen LogP contribution in [0.1, 0.15) is 54.9 Å². The quantitative estimate of drug-likeness (QED) is 0.884. The first-order chi connectivity index (χ1) is 9.63. The minimum absolute atomic E-state index is 0.0296. The van der Waals surface area contributed by atoms with Crippen molar-refractivity contribution >= 4 is 17.6 Å². The van der Waals surface area contributed by atoms with Crippen molar-refractivity contribution in [2.45, 2.75) is 45.4 Å². The van der Waals surface area contributed by atoms with Crippen molar-refractivity contribution < 1.29 is 14.7 Å². The molecule has 0 saturated heterocycles. The second-order valence-corrected chi connectivity index (χ2v) is 5.31. The molecule has 0 atom stereocenters. The number of benzene rings is 1. The molecule has 20 heavy (non-hydrogen) atoms. The summed E-state index contributed by atoms with van der Waals surface area (Å²) in [4.78, 5) is 23.5. The molecule has 4 heteroatoms. The molecule has 0 spiro atoms. The highest BCUT2D eigenvalue weighted by atomic mass is 16.4. The first-order valence-corrected chi connectivity index (χ1v) is 7.29. The third-order valence-electron chi connectivity index (χ3n) is 3.99. The first kappa shape index (κ1) is 14.6. The van der Waals surface area contributed by atoms with Crippen molar-refractivity contribution in [3.05, 3.63) is 29.3 Å². The topological polar surface area (TPSA) is 66.4 Å². The Kier molecular flexibility index (Phi) is 4.77. The monoisotopic (exact) mass is 275 g/mol. The van der Waals surface area contributed by atoms with Crippen LogP contribution in [0.15, 0.2) is 18.2 Å². The number of rotatable bonds is 4. The molecular weight excluding hydrogens is 254 g/mol. The Bertz CT molecular complexity index is 504. The Morgan fingerprint density at radius 1 is 1.25 bits per heavy atom. The van der Waals surface area contributed by atoms with Crippen LogP contribution < -0.4 is 5.32 Å². The lowest BCUT2D eigenvalue weighted by atomic mass is 9.88. The lowest BCUT2D eigenvalue weighted by molar-refractivity contribution is -0.120. The summed E-state index contributed by atoms with van der Waals surface area (Å²) in [6, 6.07) is 5.04. The largest absolute Gasteiger partial charge is 0.478 e. The van der Waals surface area contributed by atoms with Gasteiger partial charge < -0.3 is 10.4 Å². The molecular formula is C16H21NO3. The number of aromatic carboxylic acids is 1. The average Bonchev–Trinajstić information content (AvgIpc) is 2.47. The van der Waals surface area contributed by atoms with Crippen LogP contribution in [0.25, 0.3) is 0 Å². The summed E-state index contributed by atoms with van der Waals surface area (Å²) in [6.07, 6.45) is 5.88. The molecule has 0 radical (unpaired) electrons. The van der Waals surface area contributed by atoms with E-state index in [-0.39, 0.29) is 17.4 Å². The summed E-state index contributed by atoms with van der Waals surface area (Å²) in [7, 11) is 0. The number of nitrogens with one attached hydrogen (secondary N) is 1. The van der Waals surface area contributed by atoms with Crippen LogP contribution in [0.3, 0.4) is 0 Å². The highest BCUT2D eigenvalue weighted by molar-refractivity contribution is 5.97. The number of hydrogen-bond donors (Lipinski definition) is 2. The third-order valence-corrected chi connectivity index (χ3v) is 3.99. The number of carboxylic acid groups (broad SMARTS) is 1. The zero-order chi connectivity index (χ0) is 14.5. The fraction of sp³-hybridized carbons (Fsp3) is 0.500. The van der Waals surface area contributed by atoms with Crippen molar-refractivity contribution in [2.75, 3.05) is 5.32 Å². The molecule has 4 nitrogen and oxygen atoms in total. The molecule has 1 aliphatic carbocycles. The number of anilines is 1. The summed E-state index contributed by atoms with van der Waals surface area (Å²) >= 11 is 0. The van der Waals surface area contributed by atoms with Gasteiger partial charge in [0.1, 0.15) is 0 Å². The van der Waals surface area contributed by atoms with Gasteiger partial charge in [0.05, 0.1) is 5.56 Å². The van der Waals surface area contributed by atoms with Crippen LogP contribution in [0.5, 0.6) is 0 Å². The maximum absolute atomic E-state index is 12.3. The van der Waals surface area contributed by atoms with Crippen LogP contribution in [0, 0.1) is 5.92 Å². The molecule has 2 rings (SSSR count). The van der Waals surface area contributed by atoms with Crippen LogP contribution in [0.2, 0.25) is 0 Å². The predicted molar refractivity (Wildman–Crippen MR) is 78.0 cm³/mol. The van der Waals surface area contributed by atoms with E-state index in [0.29, 0.717) is 17.7 Å². The van der Waals surface area contributed by atoms with Gasteiger partial charge in [0.15, 0.2) is 0 Å². The Morgan fingerprint density at radius 3 is 2.55 bits per heavy atom. The van der Waals surface area contributed by atoms with Crippen molar-refractivity contribution in [3.8, 4) is 0 Å². The van der Waals surface area contributed by atoms with E-state index >= 15 is 0 Å². The molecule has 0 unspecified atom stereocenters. The zero-order valence-electron chi connectivity index (χ0n) is 11.8. The van der Waals surface area contributed by atoms with Gasteiger partial charge in [-0.3, -0.25) is 4.79 Å². The van der Waals surface area contributed by atoms with Crippen molar-refractivity contribution in [1.82, 2.24) is 0 Å². The Morgan fingerprint density at radius 2 is 1.95 bits per heavy atom. The van der Waals surface area contributed by atoms with E-state index in [1.807, 2.05) is 6.92 Å². The van der Waals surface area contributed by atoms with E-state index in [4.69, 9.17) is 0 Å². The maximum atomic E-state index is 12.3. The van der Waals surface area contributed by atoms with Gasteiger partial charge in [0, 0.05) is 11.6 Å². The van der Waals surface area contributed by atoms with Gasteiger partial charge in [-0.1, -0.05) is 32.3 Å². The van der Waals surface area contributed by atoms with Gasteiger partial charge in [0.2, 0.25) is 5.91 Å². The second kappa shape index (κ2) is 6.55. The molecule has 108 valence electrons. The third kappa shape index (κ3) is 3.18. The lowest BCUT2D eigenvalue weighted by Gasteiger charge is -2.21. The fourth-order valence-corrected chi connectivity index (χ4v) is 2.88. The van der Waals surface area contributed by atoms with Crippen LogP contribution in [-0.4, -0.2) is 17.0 Å². The van der Waals surface area contributed by atoms with Crippen molar-refractivity contribution in [2.24, 2.45) is 5.92 Å². The van der Waals surface area contributed by atoms with E-state index in [1.54, 1.807) is 18.2 Å². The van der Waals surface area contributed by atoms with Crippen LogP contribution in [-0.2, 0) is 11.2 Å². The number of carboxylic acids is 1. The predicted octanol–water partition coefficient (Wildman–Crippen LogP) is 3.47. The van der Waals surface area contributed by atoms with E-state index in [0.717, 1.165) is 25.7 Å². The van der Waals surface area contributed by atoms with Gasteiger partial charge in [0.25, 0.3) is 0 Å². The van der Waals surface area contributed by atoms with Gasteiger partial charge in [-0.05, 0) is 37.0 Å². The van der Waals surface area contributed by atoms with Crippen LogP contribution in [0.4, 0.5) is 5.69 Å². The van der Waals surface area contributed by atoms with Crippen molar-refractivity contribution in [3.63, 3.8) is 0 Å². The zero-order valence-corrected chi connectivity index (χ0v) is 11.8. The van der Waals surface area contributed by atoms with Gasteiger partial charge >= 0.3 is 5.97 Å². The Hall–Kier alpha value is -1.84. The van der Waals surface area contributed by atoms with E-state index in [2.05, 4.69) is 5.32 Å². The Balaban J connectivity index is 2.18. The van der Waals surface area contributed by atoms with Gasteiger partial charge in [-0.2, -0.15) is 0 Å². The van der Waals surface area contributed by atoms with E-state index in [1.165, 1.54) is 6.42 Å². The van der Waals surface area contributed by atoms with Crippen LogP contribution >= 0.6 is 0 Å². The lowest BCUT2D eigenvalue weighted by Crippen LogP contribution is -2.25. The molecule has 1 fully saturated rings. The van der Waals surface area contributed by atoms with Gasteiger partial charge in [-0.15, -0.1) is 0 Å². The number of carbonyl (C=O) groups is 2. The normalized spacial score (nSPS) is 15.8. The van der Waals surface area contributed by atoms with Crippen molar-refractivity contribution in [1.29, 1.82) is 0 Å². The second-order valence-electron chi connectivity index (χ2n) is 5.31. The summed E-state index contributed by atoms with van der Waals surface area (Å²) in [5.74, 6) is -0.848. The van der Waals surface area contributed by atoms with E-state index < -0.39 is 5.97 Å². The molecule has 1 aromatic carbocycles. The standard InChI is InChI=1S/C16H21NO3/c1-2-12-13(16(19)20)9-6-10-14(12)17-15(18)11-7-4-3-5-8-11/h6,9-11H,2-5,7-8H2,1H3,(H,17,18)(H,19,20). The minimum atomic E-state index is -0.949. The molecule has 1 aromatic rings. The molecule has 0 aliphatic heterocycles. The number of amides is 1. The molecule has 1 aliphatic rings. The number of carbonyl (C=O) groups excluding carboxylic acids is 1. The van der Waals surface area contributed by atoms with Gasteiger partial charge in [-0.25, -0.2) is 4.79 Å². The Labute approximate surface area is 119 Å². The molecule has 2 N–H and O–H groups in total. The summed E-state index contributed by atoms with van der Waals surface area (Å²) in [5, 5.41) is 12.1. The minimum Gasteiger partial charge on any atom is -0.478 e. The summed E-state index contributed by atoms with van der Waals surface area (Å²) in [6.45, 7) is 1.90. The SMILES string of the molecule is CCc1c(NC(=O)C2CCCCC2)cccc1C(=O)O. The summed E-state index contributed by atoms with van der Waals surface area (Å²) < 4.78 is 0. The first-order valence-electron chi connectivity index (χ1n) is 7.29. The number of hydrogen-bond acceptors (Lipinski definition) is 2. The smallest absolute Gasteiger partial charge is 0.336 e. The fourth-order valence-electron chi connectivity index (χ4n) is 2.88. The summed E-state index contributed by atoms with van der Waals surface area (Å²) in [5.41, 5.74) is 1.61. The molecule has 0 aromatic heterocycles. The molecule has 1 saturated carbocycles. The highest BCUT2D eigenvalue weighted by Gasteiger charge is 2.22. The maximum Gasteiger partial charge on any atom is 0.336 e. The van der Waals surface area contributed by atoms with E-state index in [9.17, 15) is 14.7 Å². The average molecular weight is 275 g/mol. The molecule has 0 heterocycles. The highest BCUT2D eigenvalue weighted by Crippen LogP contribution is 2.27.